The van der Waals surface area contributed by atoms with Crippen LogP contribution >= 0.6 is 0 Å². The molecule has 0 aliphatic rings. The van der Waals surface area contributed by atoms with E-state index in [0.29, 0.717) is 13.0 Å². The number of carbonyl (C=O) groups is 1. The molecule has 81 valence electrons. The molecular formula is C11H13O3Se. The molecule has 0 unspecified atom stereocenters. The Morgan fingerprint density at radius 1 is 1.33 bits per heavy atom. The molecule has 0 aromatic heterocycles. The predicted molar refractivity (Wildman–Crippen MR) is 58.3 cm³/mol. The van der Waals surface area contributed by atoms with Crippen molar-refractivity contribution in [2.24, 2.45) is 0 Å². The molecule has 0 aliphatic carbocycles. The maximum absolute atomic E-state index is 10.2. The van der Waals surface area contributed by atoms with Crippen LogP contribution in [0.2, 0.25) is 0 Å². The quantitative estimate of drug-likeness (QED) is 0.632. The zero-order chi connectivity index (χ0) is 11.1. The number of ether oxygens (including phenoxy) is 1. The van der Waals surface area contributed by atoms with Gasteiger partial charge < -0.3 is 0 Å². The fourth-order valence-electron chi connectivity index (χ4n) is 1.10. The zero-order valence-electron chi connectivity index (χ0n) is 8.31. The maximum atomic E-state index is 10.2. The van der Waals surface area contributed by atoms with E-state index in [1.807, 2.05) is 24.3 Å². The Morgan fingerprint density at radius 2 is 2.00 bits per heavy atom. The van der Waals surface area contributed by atoms with Crippen molar-refractivity contribution in [3.8, 4) is 5.75 Å². The molecular weight excluding hydrogens is 259 g/mol. The van der Waals surface area contributed by atoms with Gasteiger partial charge in [-0.05, 0) is 0 Å². The summed E-state index contributed by atoms with van der Waals surface area (Å²) < 4.78 is 5.38. The van der Waals surface area contributed by atoms with E-state index in [1.54, 1.807) is 0 Å². The van der Waals surface area contributed by atoms with E-state index in [0.717, 1.165) is 11.1 Å². The number of aliphatic carboxylic acids is 1. The first-order valence-electron chi connectivity index (χ1n) is 4.74. The van der Waals surface area contributed by atoms with Crippen LogP contribution in [0, 0.1) is 0 Å². The minimum absolute atomic E-state index is 0.155. The number of hydrogen-bond acceptors (Lipinski definition) is 2. The molecule has 3 nitrogen and oxygen atoms in total. The summed E-state index contributed by atoms with van der Waals surface area (Å²) in [5.74, 6) is 0.00746. The Kier molecular flexibility index (Phi) is 5.22. The summed E-state index contributed by atoms with van der Waals surface area (Å²) in [5, 5.41) is 9.31. The fourth-order valence-corrected chi connectivity index (χ4v) is 1.50. The topological polar surface area (TPSA) is 46.5 Å². The standard InChI is InChI=1S/C11H13O3Se/c12-11(13)2-1-7-14-10-5-3-9(8-15)4-6-10/h3-6H,1-2,7-8H2,(H,12,13). The second-order valence-electron chi connectivity index (χ2n) is 3.13. The molecule has 1 aromatic carbocycles. The normalized spacial score (nSPS) is 9.93. The first-order valence-corrected chi connectivity index (χ1v) is 5.95. The average Bonchev–Trinajstić information content (AvgIpc) is 2.25. The van der Waals surface area contributed by atoms with Crippen LogP contribution in [0.5, 0.6) is 5.75 Å². The molecule has 0 aliphatic heterocycles. The zero-order valence-corrected chi connectivity index (χ0v) is 10.0. The van der Waals surface area contributed by atoms with Gasteiger partial charge in [-0.1, -0.05) is 0 Å². The first kappa shape index (κ1) is 12.1. The van der Waals surface area contributed by atoms with Crippen molar-refractivity contribution in [2.45, 2.75) is 18.2 Å². The second-order valence-corrected chi connectivity index (χ2v) is 3.74. The fraction of sp³-hybridized carbons (Fsp3) is 0.364. The molecule has 4 heteroatoms. The third-order valence-corrected chi connectivity index (χ3v) is 2.59. The van der Waals surface area contributed by atoms with Crippen LogP contribution in [0.1, 0.15) is 18.4 Å². The van der Waals surface area contributed by atoms with E-state index in [9.17, 15) is 4.79 Å². The van der Waals surface area contributed by atoms with Crippen molar-refractivity contribution in [1.82, 2.24) is 0 Å². The summed E-state index contributed by atoms with van der Waals surface area (Å²) >= 11 is 2.94. The summed E-state index contributed by atoms with van der Waals surface area (Å²) in [6.07, 6.45) is 0.695. The van der Waals surface area contributed by atoms with Gasteiger partial charge in [0, 0.05) is 0 Å². The third-order valence-electron chi connectivity index (χ3n) is 1.89. The minimum atomic E-state index is -0.782. The van der Waals surface area contributed by atoms with Gasteiger partial charge >= 0.3 is 97.0 Å². The summed E-state index contributed by atoms with van der Waals surface area (Å²) in [5.41, 5.74) is 1.22. The van der Waals surface area contributed by atoms with Crippen LogP contribution in [0.4, 0.5) is 0 Å². The third kappa shape index (κ3) is 4.86. The van der Waals surface area contributed by atoms with Crippen LogP contribution in [0.15, 0.2) is 24.3 Å². The van der Waals surface area contributed by atoms with E-state index in [4.69, 9.17) is 9.84 Å². The van der Waals surface area contributed by atoms with Gasteiger partial charge in [0.2, 0.25) is 0 Å². The molecule has 1 N–H and O–H groups in total. The Balaban J connectivity index is 2.28. The Morgan fingerprint density at radius 3 is 2.53 bits per heavy atom. The predicted octanol–water partition coefficient (Wildman–Crippen LogP) is 1.60. The summed E-state index contributed by atoms with van der Waals surface area (Å²) in [7, 11) is 0. The van der Waals surface area contributed by atoms with Gasteiger partial charge in [-0.25, -0.2) is 0 Å². The van der Waals surface area contributed by atoms with Crippen LogP contribution in [-0.4, -0.2) is 33.7 Å². The Bertz CT molecular complexity index is 308. The van der Waals surface area contributed by atoms with Gasteiger partial charge in [-0.3, -0.25) is 0 Å². The van der Waals surface area contributed by atoms with Gasteiger partial charge in [0.25, 0.3) is 0 Å². The number of hydrogen-bond donors (Lipinski definition) is 1. The monoisotopic (exact) mass is 273 g/mol. The Labute approximate surface area is 97.3 Å². The molecule has 0 saturated carbocycles. The van der Waals surface area contributed by atoms with Gasteiger partial charge in [0.15, 0.2) is 0 Å². The van der Waals surface area contributed by atoms with Crippen molar-refractivity contribution < 1.29 is 14.6 Å². The van der Waals surface area contributed by atoms with Crippen LogP contribution in [0.3, 0.4) is 0 Å². The molecule has 1 rings (SSSR count). The van der Waals surface area contributed by atoms with Gasteiger partial charge in [0.05, 0.1) is 0 Å². The van der Waals surface area contributed by atoms with E-state index >= 15 is 0 Å². The molecule has 0 heterocycles. The number of benzene rings is 1. The van der Waals surface area contributed by atoms with Crippen LogP contribution in [0.25, 0.3) is 0 Å². The molecule has 1 radical (unpaired) electrons. The number of carboxylic acid groups (broad SMARTS) is 1. The molecule has 15 heavy (non-hydrogen) atoms. The van der Waals surface area contributed by atoms with E-state index in [1.165, 1.54) is 5.56 Å². The average molecular weight is 272 g/mol. The summed E-state index contributed by atoms with van der Waals surface area (Å²) in [6, 6.07) is 7.77. The SMILES string of the molecule is O=C(O)CCCOc1ccc(C[Se])cc1. The van der Waals surface area contributed by atoms with Crippen molar-refractivity contribution in [3.63, 3.8) is 0 Å². The van der Waals surface area contributed by atoms with Crippen LogP contribution in [-0.2, 0) is 10.1 Å². The van der Waals surface area contributed by atoms with Crippen molar-refractivity contribution in [1.29, 1.82) is 0 Å². The van der Waals surface area contributed by atoms with E-state index < -0.39 is 5.97 Å². The molecule has 0 fully saturated rings. The van der Waals surface area contributed by atoms with Crippen LogP contribution < -0.4 is 4.74 Å². The van der Waals surface area contributed by atoms with Crippen molar-refractivity contribution in [2.75, 3.05) is 6.61 Å². The van der Waals surface area contributed by atoms with Gasteiger partial charge in [-0.15, -0.1) is 0 Å². The Hall–Kier alpha value is -0.991. The molecule has 0 bridgehead atoms. The molecule has 0 saturated heterocycles. The second kappa shape index (κ2) is 6.49. The first-order chi connectivity index (χ1) is 7.22. The van der Waals surface area contributed by atoms with Gasteiger partial charge in [0.1, 0.15) is 0 Å². The summed E-state index contributed by atoms with van der Waals surface area (Å²) in [4.78, 5) is 10.2. The van der Waals surface area contributed by atoms with Crippen molar-refractivity contribution >= 4 is 22.0 Å². The molecule has 1 aromatic rings. The molecule has 0 amide bonds. The molecule has 0 atom stereocenters. The number of rotatable bonds is 6. The van der Waals surface area contributed by atoms with E-state index in [2.05, 4.69) is 16.0 Å². The van der Waals surface area contributed by atoms with Crippen molar-refractivity contribution in [3.05, 3.63) is 29.8 Å². The number of carboxylic acids is 1. The molecule has 0 spiro atoms. The summed E-state index contributed by atoms with van der Waals surface area (Å²) in [6.45, 7) is 0.448. The van der Waals surface area contributed by atoms with E-state index in [-0.39, 0.29) is 6.42 Å². The van der Waals surface area contributed by atoms with Gasteiger partial charge in [-0.2, -0.15) is 0 Å².